The first-order valence-corrected chi connectivity index (χ1v) is 29.3. The first kappa shape index (κ1) is 50.4. The van der Waals surface area contributed by atoms with Crippen molar-refractivity contribution in [1.82, 2.24) is 0 Å². The Kier molecular flexibility index (Phi) is 10.4. The fourth-order valence-electron chi connectivity index (χ4n) is 14.5. The molecule has 0 fully saturated rings. The number of fused-ring (bicyclic) bond motifs is 21. The lowest BCUT2D eigenvalue weighted by Crippen LogP contribution is -2.33. The average molecular weight is 1070 g/mol. The minimum Gasteiger partial charge on any atom is -0.457 e. The van der Waals surface area contributed by atoms with Crippen molar-refractivity contribution in [3.05, 3.63) is 267 Å². The van der Waals surface area contributed by atoms with E-state index in [0.29, 0.717) is 0 Å². The molecule has 0 saturated heterocycles. The number of anilines is 3. The molecule has 3 heterocycles. The Morgan fingerprint density at radius 3 is 1.27 bits per heavy atom. The number of benzene rings is 10. The Labute approximate surface area is 483 Å². The summed E-state index contributed by atoms with van der Waals surface area (Å²) in [7, 11) is 0. The summed E-state index contributed by atoms with van der Waals surface area (Å²) in [4.78, 5) is 2.56. The van der Waals surface area contributed by atoms with E-state index >= 15 is 0 Å². The maximum Gasteiger partial charge on any atom is 0.137 e. The monoisotopic (exact) mass is 1070 g/mol. The molecule has 0 N–H and O–H groups in total. The van der Waals surface area contributed by atoms with Crippen LogP contribution in [0.25, 0.3) is 44.2 Å². The molecule has 2 aliphatic carbocycles. The van der Waals surface area contributed by atoms with Crippen LogP contribution in [0.3, 0.4) is 0 Å². The normalized spacial score (nSPS) is 15.0. The first-order chi connectivity index (χ1) is 39.2. The average Bonchev–Trinajstić information content (AvgIpc) is 1.75. The quantitative estimate of drug-likeness (QED) is 0.177. The van der Waals surface area contributed by atoms with Crippen LogP contribution in [0.5, 0.6) is 23.0 Å². The Morgan fingerprint density at radius 2 is 0.732 bits per heavy atom. The summed E-state index contributed by atoms with van der Waals surface area (Å²) in [6.07, 6.45) is 0. The van der Waals surface area contributed by atoms with Crippen molar-refractivity contribution in [3.8, 4) is 45.3 Å². The van der Waals surface area contributed by atoms with Gasteiger partial charge in [0.1, 0.15) is 34.2 Å². The van der Waals surface area contributed by atoms with Gasteiger partial charge in [0.15, 0.2) is 0 Å². The molecule has 15 rings (SSSR count). The third kappa shape index (κ3) is 6.97. The van der Waals surface area contributed by atoms with E-state index in [2.05, 4.69) is 288 Å². The topological polar surface area (TPSA) is 34.8 Å². The van der Waals surface area contributed by atoms with E-state index in [9.17, 15) is 0 Å². The lowest BCUT2D eigenvalue weighted by molar-refractivity contribution is 0.433. The molecule has 2 spiro atoms. The minimum atomic E-state index is -0.742. The van der Waals surface area contributed by atoms with E-state index in [1.807, 2.05) is 0 Å². The Hall–Kier alpha value is -8.60. The van der Waals surface area contributed by atoms with E-state index in [-0.39, 0.29) is 21.7 Å². The second-order valence-corrected chi connectivity index (χ2v) is 27.7. The van der Waals surface area contributed by atoms with Crippen LogP contribution in [-0.2, 0) is 32.5 Å². The third-order valence-electron chi connectivity index (χ3n) is 18.6. The Morgan fingerprint density at radius 1 is 0.317 bits per heavy atom. The molecule has 0 bridgehead atoms. The van der Waals surface area contributed by atoms with Crippen molar-refractivity contribution >= 4 is 39.0 Å². The van der Waals surface area contributed by atoms with Gasteiger partial charge in [-0.1, -0.05) is 198 Å². The molecule has 4 nitrogen and oxygen atoms in total. The number of nitrogens with zero attached hydrogens (tertiary/aromatic N) is 1. The van der Waals surface area contributed by atoms with E-state index in [1.165, 1.54) is 66.8 Å². The molecule has 0 radical (unpaired) electrons. The molecule has 0 unspecified atom stereocenters. The molecule has 2 aliphatic heterocycles. The summed E-state index contributed by atoms with van der Waals surface area (Å²) >= 11 is 0. The molecule has 82 heavy (non-hydrogen) atoms. The molecule has 4 aliphatic rings. The molecule has 1 aromatic heterocycles. The van der Waals surface area contributed by atoms with E-state index in [1.54, 1.807) is 0 Å². The van der Waals surface area contributed by atoms with Crippen LogP contribution in [0.15, 0.2) is 205 Å². The fraction of sp³-hybridized carbons (Fsp3) is 0.231. The number of para-hydroxylation sites is 1. The molecule has 0 atom stereocenters. The summed E-state index contributed by atoms with van der Waals surface area (Å²) in [5.41, 5.74) is 22.4. The standard InChI is InChI=1S/C78H69NO3/c1-73(2,3)46-31-37-66-59(41-46)77(60-42-47(74(4,5)6)32-38-67(60)81-66)56-25-17-14-22-53(56)71-57(77)26-19-27-63(71)79(64-28-20-30-70-72(64)54-23-15-18-29-65(54)80-70)50-35-36-52-51-21-13-16-24-55(51)78(58(52)45-50)61-43-48(75(7,8)9)33-39-68(61)82-69-40-34-49(44-62(69)78)76(10,11)12/h13-45H,1-12H3. The second-order valence-electron chi connectivity index (χ2n) is 27.7. The maximum absolute atomic E-state index is 7.14. The number of ether oxygens (including phenoxy) is 2. The molecule has 404 valence electrons. The van der Waals surface area contributed by atoms with Crippen LogP contribution in [-0.4, -0.2) is 0 Å². The maximum atomic E-state index is 7.14. The van der Waals surface area contributed by atoms with Gasteiger partial charge in [0.2, 0.25) is 0 Å². The largest absolute Gasteiger partial charge is 0.457 e. The smallest absolute Gasteiger partial charge is 0.137 e. The molecule has 4 heteroatoms. The fourth-order valence-corrected chi connectivity index (χ4v) is 14.5. The van der Waals surface area contributed by atoms with Crippen LogP contribution >= 0.6 is 0 Å². The van der Waals surface area contributed by atoms with Gasteiger partial charge in [-0.2, -0.15) is 0 Å². The lowest BCUT2D eigenvalue weighted by atomic mass is 9.64. The van der Waals surface area contributed by atoms with Crippen LogP contribution < -0.4 is 14.4 Å². The summed E-state index contributed by atoms with van der Waals surface area (Å²) in [6, 6.07) is 75.5. The zero-order valence-corrected chi connectivity index (χ0v) is 49.2. The summed E-state index contributed by atoms with van der Waals surface area (Å²) in [6.45, 7) is 27.8. The molecule has 0 saturated carbocycles. The number of hydrogen-bond donors (Lipinski definition) is 0. The number of hydrogen-bond acceptors (Lipinski definition) is 4. The lowest BCUT2D eigenvalue weighted by Gasteiger charge is -2.41. The Balaban J connectivity index is 1.08. The van der Waals surface area contributed by atoms with Crippen LogP contribution in [0.2, 0.25) is 0 Å². The highest BCUT2D eigenvalue weighted by atomic mass is 16.5. The van der Waals surface area contributed by atoms with Gasteiger partial charge in [0.05, 0.1) is 27.6 Å². The zero-order valence-electron chi connectivity index (χ0n) is 49.2. The SMILES string of the molecule is CC(C)(C)c1ccc2c(c1)C1(c3cc(C(C)(C)C)ccc3O2)c2ccccc2-c2ccc(N(c3cccc4c3-c3ccccc3C43c4cc(C(C)(C)C)ccc4Oc4ccc(C(C)(C)C)cc43)c3cccc4oc5ccccc5c34)cc21. The predicted molar refractivity (Wildman–Crippen MR) is 338 cm³/mol. The summed E-state index contributed by atoms with van der Waals surface area (Å²) < 4.78 is 21.1. The van der Waals surface area contributed by atoms with Gasteiger partial charge in [0.25, 0.3) is 0 Å². The number of furan rings is 1. The van der Waals surface area contributed by atoms with Gasteiger partial charge in [-0.3, -0.25) is 0 Å². The van der Waals surface area contributed by atoms with Crippen LogP contribution in [0.1, 0.15) is 150 Å². The Bertz CT molecular complexity index is 4390. The van der Waals surface area contributed by atoms with Gasteiger partial charge in [-0.05, 0) is 168 Å². The van der Waals surface area contributed by atoms with Crippen molar-refractivity contribution in [2.24, 2.45) is 0 Å². The second kappa shape index (κ2) is 17.0. The van der Waals surface area contributed by atoms with Gasteiger partial charge < -0.3 is 18.8 Å². The van der Waals surface area contributed by atoms with Crippen molar-refractivity contribution in [2.75, 3.05) is 4.90 Å². The van der Waals surface area contributed by atoms with Crippen molar-refractivity contribution < 1.29 is 13.9 Å². The molecule has 0 amide bonds. The van der Waals surface area contributed by atoms with Gasteiger partial charge in [-0.25, -0.2) is 0 Å². The van der Waals surface area contributed by atoms with Crippen molar-refractivity contribution in [1.29, 1.82) is 0 Å². The third-order valence-corrected chi connectivity index (χ3v) is 18.6. The van der Waals surface area contributed by atoms with Gasteiger partial charge >= 0.3 is 0 Å². The molecular formula is C78H69NO3. The van der Waals surface area contributed by atoms with Gasteiger partial charge in [-0.15, -0.1) is 0 Å². The van der Waals surface area contributed by atoms with Crippen LogP contribution in [0, 0.1) is 0 Å². The molecule has 11 aromatic rings. The van der Waals surface area contributed by atoms with E-state index in [0.717, 1.165) is 84.3 Å². The zero-order chi connectivity index (χ0) is 56.6. The summed E-state index contributed by atoms with van der Waals surface area (Å²) in [5.74, 6) is 3.53. The summed E-state index contributed by atoms with van der Waals surface area (Å²) in [5, 5.41) is 2.13. The minimum absolute atomic E-state index is 0.117. The van der Waals surface area contributed by atoms with E-state index < -0.39 is 10.8 Å². The van der Waals surface area contributed by atoms with Crippen LogP contribution in [0.4, 0.5) is 17.1 Å². The van der Waals surface area contributed by atoms with Crippen molar-refractivity contribution in [3.63, 3.8) is 0 Å². The predicted octanol–water partition coefficient (Wildman–Crippen LogP) is 21.2. The van der Waals surface area contributed by atoms with Crippen molar-refractivity contribution in [2.45, 2.75) is 116 Å². The highest BCUT2D eigenvalue weighted by Crippen LogP contribution is 2.67. The number of rotatable bonds is 3. The van der Waals surface area contributed by atoms with Gasteiger partial charge in [0, 0.05) is 38.9 Å². The highest BCUT2D eigenvalue weighted by molar-refractivity contribution is 6.14. The molecule has 10 aromatic carbocycles. The first-order valence-electron chi connectivity index (χ1n) is 29.3. The molecular weight excluding hydrogens is 999 g/mol. The van der Waals surface area contributed by atoms with E-state index in [4.69, 9.17) is 13.9 Å². The highest BCUT2D eigenvalue weighted by Gasteiger charge is 2.55.